The third-order valence-corrected chi connectivity index (χ3v) is 4.86. The molecule has 3 nitrogen and oxygen atoms in total. The first kappa shape index (κ1) is 11.8. The summed E-state index contributed by atoms with van der Waals surface area (Å²) >= 11 is 1.90. The molecule has 3 aliphatic rings. The summed E-state index contributed by atoms with van der Waals surface area (Å²) in [7, 11) is 0. The zero-order valence-electron chi connectivity index (χ0n) is 10.9. The topological polar surface area (TPSA) is 27.6 Å². The Morgan fingerprint density at radius 1 is 1.35 bits per heavy atom. The Labute approximate surface area is 108 Å². The van der Waals surface area contributed by atoms with Crippen LogP contribution in [0.1, 0.15) is 39.5 Å². The molecule has 2 saturated heterocycles. The molecular formula is C13H23N3S. The zero-order valence-corrected chi connectivity index (χ0v) is 11.7. The summed E-state index contributed by atoms with van der Waals surface area (Å²) in [5.41, 5.74) is 0.235. The van der Waals surface area contributed by atoms with Crippen LogP contribution in [-0.2, 0) is 0 Å². The highest BCUT2D eigenvalue weighted by atomic mass is 32.2. The van der Waals surface area contributed by atoms with Gasteiger partial charge in [-0.05, 0) is 39.5 Å². The minimum atomic E-state index is 0.235. The van der Waals surface area contributed by atoms with E-state index in [0.717, 1.165) is 6.04 Å². The molecule has 1 aliphatic carbocycles. The van der Waals surface area contributed by atoms with Crippen LogP contribution in [0.3, 0.4) is 0 Å². The van der Waals surface area contributed by atoms with Gasteiger partial charge in [0.15, 0.2) is 5.17 Å². The van der Waals surface area contributed by atoms with Crippen molar-refractivity contribution in [1.29, 1.82) is 0 Å². The molecule has 4 heteroatoms. The Bertz CT molecular complexity index is 323. The number of aliphatic imine (C=N–C) groups is 1. The van der Waals surface area contributed by atoms with E-state index >= 15 is 0 Å². The highest BCUT2D eigenvalue weighted by Crippen LogP contribution is 2.31. The highest BCUT2D eigenvalue weighted by molar-refractivity contribution is 8.13. The molecule has 1 unspecified atom stereocenters. The molecule has 3 fully saturated rings. The standard InChI is InChI=1S/C13H23N3S/c1-13(2)6-8-17-12(15-13)14-10-5-7-16(9-10)11-3-4-11/h10-11H,3-9H2,1-2H3,(H,14,15). The summed E-state index contributed by atoms with van der Waals surface area (Å²) in [4.78, 5) is 7.55. The van der Waals surface area contributed by atoms with Gasteiger partial charge in [-0.1, -0.05) is 11.8 Å². The van der Waals surface area contributed by atoms with Crippen LogP contribution in [0, 0.1) is 0 Å². The largest absolute Gasteiger partial charge is 0.360 e. The normalized spacial score (nSPS) is 36.1. The molecule has 0 aromatic rings. The Morgan fingerprint density at radius 3 is 2.88 bits per heavy atom. The molecule has 0 spiro atoms. The molecule has 0 bridgehead atoms. The van der Waals surface area contributed by atoms with E-state index in [1.807, 2.05) is 11.8 Å². The molecule has 96 valence electrons. The third-order valence-electron chi connectivity index (χ3n) is 3.97. The molecule has 0 aromatic carbocycles. The second-order valence-electron chi connectivity index (χ2n) is 6.21. The maximum absolute atomic E-state index is 4.92. The summed E-state index contributed by atoms with van der Waals surface area (Å²) < 4.78 is 0. The number of amidine groups is 1. The van der Waals surface area contributed by atoms with Crippen molar-refractivity contribution in [1.82, 2.24) is 10.2 Å². The molecule has 1 saturated carbocycles. The number of nitrogens with one attached hydrogen (secondary N) is 1. The van der Waals surface area contributed by atoms with Crippen LogP contribution in [0.2, 0.25) is 0 Å². The SMILES string of the molecule is CC1(C)CCSC(=NC2CCN(C3CC3)C2)N1. The van der Waals surface area contributed by atoms with Gasteiger partial charge in [0.25, 0.3) is 0 Å². The number of nitrogens with zero attached hydrogens (tertiary/aromatic N) is 2. The van der Waals surface area contributed by atoms with E-state index in [1.54, 1.807) is 0 Å². The van der Waals surface area contributed by atoms with Crippen molar-refractivity contribution in [2.24, 2.45) is 4.99 Å². The number of hydrogen-bond acceptors (Lipinski definition) is 3. The molecule has 0 aromatic heterocycles. The van der Waals surface area contributed by atoms with Gasteiger partial charge in [0, 0.05) is 30.4 Å². The van der Waals surface area contributed by atoms with Gasteiger partial charge in [0.1, 0.15) is 0 Å². The Hall–Kier alpha value is -0.220. The molecule has 3 rings (SSSR count). The Balaban J connectivity index is 1.58. The maximum atomic E-state index is 4.92. The fourth-order valence-corrected chi connectivity index (χ4v) is 4.05. The summed E-state index contributed by atoms with van der Waals surface area (Å²) in [5.74, 6) is 1.21. The van der Waals surface area contributed by atoms with Crippen LogP contribution in [0.15, 0.2) is 4.99 Å². The third kappa shape index (κ3) is 2.97. The van der Waals surface area contributed by atoms with Gasteiger partial charge in [-0.25, -0.2) is 0 Å². The van der Waals surface area contributed by atoms with Gasteiger partial charge < -0.3 is 5.32 Å². The molecular weight excluding hydrogens is 230 g/mol. The monoisotopic (exact) mass is 253 g/mol. The summed E-state index contributed by atoms with van der Waals surface area (Å²) in [6.07, 6.45) is 5.32. The van der Waals surface area contributed by atoms with Crippen LogP contribution < -0.4 is 5.32 Å². The van der Waals surface area contributed by atoms with Gasteiger partial charge in [0.05, 0.1) is 6.04 Å². The number of rotatable bonds is 2. The minimum absolute atomic E-state index is 0.235. The van der Waals surface area contributed by atoms with Crippen molar-refractivity contribution >= 4 is 16.9 Å². The molecule has 2 heterocycles. The van der Waals surface area contributed by atoms with Gasteiger partial charge in [-0.2, -0.15) is 0 Å². The van der Waals surface area contributed by atoms with Crippen LogP contribution in [0.5, 0.6) is 0 Å². The fraction of sp³-hybridized carbons (Fsp3) is 0.923. The minimum Gasteiger partial charge on any atom is -0.360 e. The van der Waals surface area contributed by atoms with Crippen molar-refractivity contribution in [3.63, 3.8) is 0 Å². The van der Waals surface area contributed by atoms with Gasteiger partial charge in [-0.15, -0.1) is 0 Å². The lowest BCUT2D eigenvalue weighted by Crippen LogP contribution is -2.46. The van der Waals surface area contributed by atoms with Crippen molar-refractivity contribution in [2.75, 3.05) is 18.8 Å². The molecule has 0 amide bonds. The first-order valence-electron chi connectivity index (χ1n) is 6.85. The summed E-state index contributed by atoms with van der Waals surface area (Å²) in [5, 5.41) is 4.76. The maximum Gasteiger partial charge on any atom is 0.157 e. The van der Waals surface area contributed by atoms with Crippen LogP contribution in [-0.4, -0.2) is 46.5 Å². The molecule has 17 heavy (non-hydrogen) atoms. The van der Waals surface area contributed by atoms with E-state index in [2.05, 4.69) is 24.1 Å². The first-order valence-corrected chi connectivity index (χ1v) is 7.84. The average molecular weight is 253 g/mol. The summed E-state index contributed by atoms with van der Waals surface area (Å²) in [6, 6.07) is 1.45. The highest BCUT2D eigenvalue weighted by Gasteiger charge is 2.34. The fourth-order valence-electron chi connectivity index (χ4n) is 2.67. The van der Waals surface area contributed by atoms with Crippen molar-refractivity contribution in [3.8, 4) is 0 Å². The van der Waals surface area contributed by atoms with Crippen molar-refractivity contribution < 1.29 is 0 Å². The molecule has 1 N–H and O–H groups in total. The van der Waals surface area contributed by atoms with E-state index in [4.69, 9.17) is 4.99 Å². The van der Waals surface area contributed by atoms with E-state index in [0.29, 0.717) is 6.04 Å². The van der Waals surface area contributed by atoms with Crippen molar-refractivity contribution in [2.45, 2.75) is 57.2 Å². The average Bonchev–Trinajstić information content (AvgIpc) is 2.99. The van der Waals surface area contributed by atoms with E-state index in [-0.39, 0.29) is 5.54 Å². The second kappa shape index (κ2) is 4.47. The number of hydrogen-bond donors (Lipinski definition) is 1. The lowest BCUT2D eigenvalue weighted by Gasteiger charge is -2.32. The first-order chi connectivity index (χ1) is 8.12. The smallest absolute Gasteiger partial charge is 0.157 e. The van der Waals surface area contributed by atoms with Gasteiger partial charge in [-0.3, -0.25) is 9.89 Å². The predicted octanol–water partition coefficient (Wildman–Crippen LogP) is 2.08. The lowest BCUT2D eigenvalue weighted by molar-refractivity contribution is 0.324. The summed E-state index contributed by atoms with van der Waals surface area (Å²) in [6.45, 7) is 7.00. The van der Waals surface area contributed by atoms with Crippen LogP contribution in [0.25, 0.3) is 0 Å². The van der Waals surface area contributed by atoms with Gasteiger partial charge in [0.2, 0.25) is 0 Å². The second-order valence-corrected chi connectivity index (χ2v) is 7.29. The number of thioether (sulfide) groups is 1. The van der Waals surface area contributed by atoms with E-state index in [9.17, 15) is 0 Å². The molecule has 2 aliphatic heterocycles. The zero-order chi connectivity index (χ0) is 11.9. The molecule has 1 atom stereocenters. The van der Waals surface area contributed by atoms with E-state index < -0.39 is 0 Å². The Morgan fingerprint density at radius 2 is 2.18 bits per heavy atom. The number of likely N-dealkylation sites (tertiary alicyclic amines) is 1. The quantitative estimate of drug-likeness (QED) is 0.816. The lowest BCUT2D eigenvalue weighted by atomic mass is 10.0. The Kier molecular flexibility index (Phi) is 3.11. The van der Waals surface area contributed by atoms with E-state index in [1.165, 1.54) is 49.7 Å². The van der Waals surface area contributed by atoms with Gasteiger partial charge >= 0.3 is 0 Å². The van der Waals surface area contributed by atoms with Crippen molar-refractivity contribution in [3.05, 3.63) is 0 Å². The molecule has 0 radical (unpaired) electrons. The van der Waals surface area contributed by atoms with Crippen LogP contribution >= 0.6 is 11.8 Å². The predicted molar refractivity (Wildman–Crippen MR) is 74.7 cm³/mol. The van der Waals surface area contributed by atoms with Crippen LogP contribution in [0.4, 0.5) is 0 Å².